The zero-order valence-electron chi connectivity index (χ0n) is 13.9. The molecule has 26 heavy (non-hydrogen) atoms. The first kappa shape index (κ1) is 18.4. The minimum Gasteiger partial charge on any atom is -0.454 e. The van der Waals surface area contributed by atoms with E-state index in [4.69, 9.17) is 32.7 Å². The Morgan fingerprint density at radius 2 is 1.85 bits per heavy atom. The van der Waals surface area contributed by atoms with E-state index < -0.39 is 0 Å². The van der Waals surface area contributed by atoms with Crippen molar-refractivity contribution >= 4 is 46.4 Å². The molecular weight excluding hydrogens is 379 g/mol. The van der Waals surface area contributed by atoms with Crippen molar-refractivity contribution in [2.24, 2.45) is 0 Å². The van der Waals surface area contributed by atoms with Gasteiger partial charge in [-0.1, -0.05) is 23.2 Å². The number of nitrogens with zero attached hydrogens (tertiary/aromatic N) is 1. The molecule has 8 heteroatoms. The minimum atomic E-state index is -0.240. The summed E-state index contributed by atoms with van der Waals surface area (Å²) in [7, 11) is 0. The fourth-order valence-electron chi connectivity index (χ4n) is 2.53. The zero-order valence-corrected chi connectivity index (χ0v) is 15.4. The first-order chi connectivity index (χ1) is 12.4. The van der Waals surface area contributed by atoms with Crippen LogP contribution in [0.2, 0.25) is 10.0 Å². The predicted molar refractivity (Wildman–Crippen MR) is 100 cm³/mol. The van der Waals surface area contributed by atoms with Crippen molar-refractivity contribution in [1.82, 2.24) is 0 Å². The van der Waals surface area contributed by atoms with Crippen LogP contribution < -0.4 is 19.7 Å². The second-order valence-electron chi connectivity index (χ2n) is 5.64. The van der Waals surface area contributed by atoms with Gasteiger partial charge >= 0.3 is 0 Å². The SMILES string of the molecule is CC(=O)N(CCC(=O)Nc1ccc(Cl)c(Cl)c1)c1ccc2c(c1)OCO2. The van der Waals surface area contributed by atoms with Crippen molar-refractivity contribution in [3.63, 3.8) is 0 Å². The summed E-state index contributed by atoms with van der Waals surface area (Å²) in [6.07, 6.45) is 0.119. The first-order valence-corrected chi connectivity index (χ1v) is 8.62. The molecule has 1 heterocycles. The fraction of sp³-hybridized carbons (Fsp3) is 0.222. The molecule has 0 saturated heterocycles. The van der Waals surface area contributed by atoms with E-state index in [1.54, 1.807) is 36.4 Å². The van der Waals surface area contributed by atoms with Crippen molar-refractivity contribution in [1.29, 1.82) is 0 Å². The number of fused-ring (bicyclic) bond motifs is 1. The van der Waals surface area contributed by atoms with E-state index >= 15 is 0 Å². The molecule has 0 radical (unpaired) electrons. The molecular formula is C18H16Cl2N2O4. The number of halogens is 2. The van der Waals surface area contributed by atoms with Crippen LogP contribution in [0.15, 0.2) is 36.4 Å². The normalized spacial score (nSPS) is 12.0. The number of hydrogen-bond donors (Lipinski definition) is 1. The van der Waals surface area contributed by atoms with Crippen LogP contribution >= 0.6 is 23.2 Å². The van der Waals surface area contributed by atoms with E-state index in [1.165, 1.54) is 11.8 Å². The molecule has 0 unspecified atom stereocenters. The number of anilines is 2. The number of carbonyl (C=O) groups is 2. The van der Waals surface area contributed by atoms with Gasteiger partial charge in [-0.05, 0) is 30.3 Å². The van der Waals surface area contributed by atoms with Crippen molar-refractivity contribution in [3.05, 3.63) is 46.4 Å². The summed E-state index contributed by atoms with van der Waals surface area (Å²) in [6.45, 7) is 1.83. The Morgan fingerprint density at radius 3 is 2.58 bits per heavy atom. The predicted octanol–water partition coefficient (Wildman–Crippen LogP) is 4.10. The lowest BCUT2D eigenvalue weighted by Crippen LogP contribution is -2.31. The Hall–Kier alpha value is -2.44. The lowest BCUT2D eigenvalue weighted by atomic mass is 10.2. The van der Waals surface area contributed by atoms with E-state index in [0.29, 0.717) is 32.9 Å². The second kappa shape index (κ2) is 7.85. The lowest BCUT2D eigenvalue weighted by Gasteiger charge is -2.21. The van der Waals surface area contributed by atoms with Crippen LogP contribution in [-0.4, -0.2) is 25.2 Å². The molecule has 1 aliphatic rings. The van der Waals surface area contributed by atoms with Gasteiger partial charge in [0.05, 0.1) is 10.0 Å². The molecule has 2 aromatic carbocycles. The van der Waals surface area contributed by atoms with Gasteiger partial charge in [0, 0.05) is 37.3 Å². The molecule has 2 aromatic rings. The maximum Gasteiger partial charge on any atom is 0.231 e. The lowest BCUT2D eigenvalue weighted by molar-refractivity contribution is -0.117. The topological polar surface area (TPSA) is 67.9 Å². The number of benzene rings is 2. The van der Waals surface area contributed by atoms with Crippen molar-refractivity contribution in [2.45, 2.75) is 13.3 Å². The Kier molecular flexibility index (Phi) is 5.54. The molecule has 0 bridgehead atoms. The van der Waals surface area contributed by atoms with Gasteiger partial charge in [0.2, 0.25) is 18.6 Å². The van der Waals surface area contributed by atoms with Crippen LogP contribution in [0.25, 0.3) is 0 Å². The smallest absolute Gasteiger partial charge is 0.231 e. The fourth-order valence-corrected chi connectivity index (χ4v) is 2.83. The van der Waals surface area contributed by atoms with Crippen LogP contribution in [0.4, 0.5) is 11.4 Å². The standard InChI is InChI=1S/C18H16Cl2N2O4/c1-11(23)22(13-3-5-16-17(9-13)26-10-25-16)7-6-18(24)21-12-2-4-14(19)15(20)8-12/h2-5,8-9H,6-7,10H2,1H3,(H,21,24). The van der Waals surface area contributed by atoms with Crippen LogP contribution in [0.3, 0.4) is 0 Å². The van der Waals surface area contributed by atoms with E-state index in [1.807, 2.05) is 0 Å². The summed E-state index contributed by atoms with van der Waals surface area (Å²) in [5.41, 5.74) is 1.19. The summed E-state index contributed by atoms with van der Waals surface area (Å²) in [5, 5.41) is 3.50. The van der Waals surface area contributed by atoms with Gasteiger partial charge in [-0.15, -0.1) is 0 Å². The Balaban J connectivity index is 1.64. The Labute approximate surface area is 160 Å². The third-order valence-electron chi connectivity index (χ3n) is 3.81. The molecule has 0 aromatic heterocycles. The summed E-state index contributed by atoms with van der Waals surface area (Å²) in [6, 6.07) is 10.1. The number of nitrogens with one attached hydrogen (secondary N) is 1. The maximum absolute atomic E-state index is 12.2. The van der Waals surface area contributed by atoms with Gasteiger partial charge in [-0.3, -0.25) is 9.59 Å². The molecule has 2 amide bonds. The van der Waals surface area contributed by atoms with E-state index in [2.05, 4.69) is 5.32 Å². The summed E-state index contributed by atoms with van der Waals surface area (Å²) < 4.78 is 10.6. The third-order valence-corrected chi connectivity index (χ3v) is 4.55. The Morgan fingerprint density at radius 1 is 1.08 bits per heavy atom. The number of carbonyl (C=O) groups excluding carboxylic acids is 2. The highest BCUT2D eigenvalue weighted by molar-refractivity contribution is 6.42. The average Bonchev–Trinajstić information content (AvgIpc) is 3.06. The van der Waals surface area contributed by atoms with Gasteiger partial charge in [0.25, 0.3) is 0 Å². The number of hydrogen-bond acceptors (Lipinski definition) is 4. The summed E-state index contributed by atoms with van der Waals surface area (Å²) in [5.74, 6) is 0.796. The van der Waals surface area contributed by atoms with Crippen LogP contribution in [0.1, 0.15) is 13.3 Å². The van der Waals surface area contributed by atoms with Crippen LogP contribution in [0.5, 0.6) is 11.5 Å². The van der Waals surface area contributed by atoms with Crippen molar-refractivity contribution in [2.75, 3.05) is 23.6 Å². The van der Waals surface area contributed by atoms with Crippen molar-refractivity contribution in [3.8, 4) is 11.5 Å². The molecule has 1 aliphatic heterocycles. The highest BCUT2D eigenvalue weighted by Crippen LogP contribution is 2.35. The van der Waals surface area contributed by atoms with Gasteiger partial charge in [-0.25, -0.2) is 0 Å². The molecule has 0 aliphatic carbocycles. The van der Waals surface area contributed by atoms with Gasteiger partial charge in [-0.2, -0.15) is 0 Å². The van der Waals surface area contributed by atoms with E-state index in [0.717, 1.165) is 0 Å². The molecule has 0 spiro atoms. The quantitative estimate of drug-likeness (QED) is 0.828. The number of rotatable bonds is 5. The molecule has 0 saturated carbocycles. The monoisotopic (exact) mass is 394 g/mol. The molecule has 0 fully saturated rings. The highest BCUT2D eigenvalue weighted by atomic mass is 35.5. The van der Waals surface area contributed by atoms with Gasteiger partial charge in [0.15, 0.2) is 11.5 Å². The third kappa shape index (κ3) is 4.20. The molecule has 3 rings (SSSR count). The molecule has 0 atom stereocenters. The van der Waals surface area contributed by atoms with Crippen molar-refractivity contribution < 1.29 is 19.1 Å². The number of amides is 2. The minimum absolute atomic E-state index is 0.119. The summed E-state index contributed by atoms with van der Waals surface area (Å²) >= 11 is 11.8. The molecule has 6 nitrogen and oxygen atoms in total. The van der Waals surface area contributed by atoms with Gasteiger partial charge < -0.3 is 19.7 Å². The molecule has 136 valence electrons. The van der Waals surface area contributed by atoms with Crippen LogP contribution in [0, 0.1) is 0 Å². The average molecular weight is 395 g/mol. The second-order valence-corrected chi connectivity index (χ2v) is 6.45. The van der Waals surface area contributed by atoms with Crippen LogP contribution in [-0.2, 0) is 9.59 Å². The largest absolute Gasteiger partial charge is 0.454 e. The Bertz CT molecular complexity index is 857. The molecule has 1 N–H and O–H groups in total. The summed E-state index contributed by atoms with van der Waals surface area (Å²) in [4.78, 5) is 25.7. The van der Waals surface area contributed by atoms with E-state index in [9.17, 15) is 9.59 Å². The number of ether oxygens (including phenoxy) is 2. The first-order valence-electron chi connectivity index (χ1n) is 7.86. The maximum atomic E-state index is 12.2. The van der Waals surface area contributed by atoms with E-state index in [-0.39, 0.29) is 31.6 Å². The highest BCUT2D eigenvalue weighted by Gasteiger charge is 2.19. The van der Waals surface area contributed by atoms with Gasteiger partial charge in [0.1, 0.15) is 0 Å². The zero-order chi connectivity index (χ0) is 18.7.